The molecule has 1 saturated carbocycles. The number of nitrogens with one attached hydrogen (secondary N) is 1. The molecule has 3 heteroatoms. The molecule has 0 radical (unpaired) electrons. The second-order valence-electron chi connectivity index (χ2n) is 4.91. The molecule has 1 rings (SSSR count). The lowest BCUT2D eigenvalue weighted by Crippen LogP contribution is -2.33. The Morgan fingerprint density at radius 1 is 1.50 bits per heavy atom. The van der Waals surface area contributed by atoms with E-state index in [1.807, 2.05) is 0 Å². The lowest BCUT2D eigenvalue weighted by atomic mass is 10.1. The van der Waals surface area contributed by atoms with Gasteiger partial charge in [-0.15, -0.1) is 0 Å². The normalized spacial score (nSPS) is 18.3. The van der Waals surface area contributed by atoms with Crippen LogP contribution in [-0.2, 0) is 4.79 Å². The van der Waals surface area contributed by atoms with Crippen LogP contribution in [0.2, 0.25) is 0 Å². The maximum Gasteiger partial charge on any atom is 0.220 e. The highest BCUT2D eigenvalue weighted by Crippen LogP contribution is 2.43. The van der Waals surface area contributed by atoms with Gasteiger partial charge in [0.05, 0.1) is 0 Å². The molecule has 0 unspecified atom stereocenters. The number of rotatable bonds is 6. The van der Waals surface area contributed by atoms with Crippen LogP contribution < -0.4 is 11.1 Å². The molecule has 0 atom stereocenters. The zero-order chi connectivity index (χ0) is 10.6. The molecule has 0 saturated heterocycles. The molecule has 0 aromatic rings. The molecule has 1 aliphatic rings. The highest BCUT2D eigenvalue weighted by molar-refractivity contribution is 5.75. The predicted octanol–water partition coefficient (Wildman–Crippen LogP) is 1.28. The Bertz CT molecular complexity index is 197. The van der Waals surface area contributed by atoms with Crippen molar-refractivity contribution in [2.24, 2.45) is 17.1 Å². The van der Waals surface area contributed by atoms with Gasteiger partial charge in [0.2, 0.25) is 5.91 Å². The second kappa shape index (κ2) is 4.78. The molecule has 0 heterocycles. The van der Waals surface area contributed by atoms with Crippen molar-refractivity contribution in [2.45, 2.75) is 39.5 Å². The minimum atomic E-state index is 0.179. The third kappa shape index (κ3) is 3.66. The van der Waals surface area contributed by atoms with Crippen molar-refractivity contribution in [3.05, 3.63) is 0 Å². The molecule has 1 aliphatic carbocycles. The van der Waals surface area contributed by atoms with E-state index in [9.17, 15) is 4.79 Å². The molecule has 14 heavy (non-hydrogen) atoms. The molecular formula is C11H22N2O. The van der Waals surface area contributed by atoms with E-state index in [1.165, 1.54) is 12.8 Å². The standard InChI is InChI=1S/C11H22N2O/c1-9(2)3-4-10(14)13-8-11(7-12)5-6-11/h9H,3-8,12H2,1-2H3,(H,13,14). The molecule has 0 bridgehead atoms. The summed E-state index contributed by atoms with van der Waals surface area (Å²) in [6.45, 7) is 5.75. The predicted molar refractivity (Wildman–Crippen MR) is 57.8 cm³/mol. The average molecular weight is 198 g/mol. The summed E-state index contributed by atoms with van der Waals surface area (Å²) in [5, 5.41) is 2.97. The minimum absolute atomic E-state index is 0.179. The number of carbonyl (C=O) groups excluding carboxylic acids is 1. The van der Waals surface area contributed by atoms with Gasteiger partial charge in [0.25, 0.3) is 0 Å². The summed E-state index contributed by atoms with van der Waals surface area (Å²) in [7, 11) is 0. The number of amides is 1. The molecule has 3 N–H and O–H groups in total. The summed E-state index contributed by atoms with van der Waals surface area (Å²) in [5.41, 5.74) is 5.88. The summed E-state index contributed by atoms with van der Waals surface area (Å²) in [6, 6.07) is 0. The number of hydrogen-bond donors (Lipinski definition) is 2. The molecule has 82 valence electrons. The summed E-state index contributed by atoms with van der Waals surface area (Å²) in [6.07, 6.45) is 3.97. The first-order chi connectivity index (χ1) is 6.58. The second-order valence-corrected chi connectivity index (χ2v) is 4.91. The first kappa shape index (κ1) is 11.5. The van der Waals surface area contributed by atoms with Gasteiger partial charge in [-0.05, 0) is 37.1 Å². The highest BCUT2D eigenvalue weighted by atomic mass is 16.1. The summed E-state index contributed by atoms with van der Waals surface area (Å²) in [4.78, 5) is 11.4. The highest BCUT2D eigenvalue weighted by Gasteiger charge is 2.41. The summed E-state index contributed by atoms with van der Waals surface area (Å²) >= 11 is 0. The lowest BCUT2D eigenvalue weighted by Gasteiger charge is -2.13. The van der Waals surface area contributed by atoms with E-state index in [1.54, 1.807) is 0 Å². The van der Waals surface area contributed by atoms with Crippen LogP contribution in [0.5, 0.6) is 0 Å². The van der Waals surface area contributed by atoms with Gasteiger partial charge in [-0.1, -0.05) is 13.8 Å². The molecular weight excluding hydrogens is 176 g/mol. The van der Waals surface area contributed by atoms with Crippen LogP contribution in [0.25, 0.3) is 0 Å². The van der Waals surface area contributed by atoms with Crippen molar-refractivity contribution in [1.82, 2.24) is 5.32 Å². The van der Waals surface area contributed by atoms with Crippen molar-refractivity contribution in [1.29, 1.82) is 0 Å². The molecule has 1 fully saturated rings. The van der Waals surface area contributed by atoms with E-state index in [0.717, 1.165) is 13.0 Å². The molecule has 0 spiro atoms. The van der Waals surface area contributed by atoms with E-state index in [4.69, 9.17) is 5.73 Å². The van der Waals surface area contributed by atoms with Gasteiger partial charge in [-0.3, -0.25) is 4.79 Å². The van der Waals surface area contributed by atoms with Crippen molar-refractivity contribution in [3.8, 4) is 0 Å². The number of carbonyl (C=O) groups is 1. The smallest absolute Gasteiger partial charge is 0.220 e. The van der Waals surface area contributed by atoms with Gasteiger partial charge >= 0.3 is 0 Å². The van der Waals surface area contributed by atoms with Crippen LogP contribution in [0.15, 0.2) is 0 Å². The van der Waals surface area contributed by atoms with Gasteiger partial charge in [-0.25, -0.2) is 0 Å². The van der Waals surface area contributed by atoms with Crippen molar-refractivity contribution in [2.75, 3.05) is 13.1 Å². The van der Waals surface area contributed by atoms with Gasteiger partial charge < -0.3 is 11.1 Å². The Morgan fingerprint density at radius 3 is 2.57 bits per heavy atom. The minimum Gasteiger partial charge on any atom is -0.355 e. The van der Waals surface area contributed by atoms with Gasteiger partial charge in [0.15, 0.2) is 0 Å². The first-order valence-corrected chi connectivity index (χ1v) is 5.55. The zero-order valence-electron chi connectivity index (χ0n) is 9.31. The fourth-order valence-electron chi connectivity index (χ4n) is 1.42. The Balaban J connectivity index is 2.09. The van der Waals surface area contributed by atoms with Gasteiger partial charge in [0.1, 0.15) is 0 Å². The molecule has 0 aliphatic heterocycles. The average Bonchev–Trinajstić information content (AvgIpc) is 2.92. The summed E-state index contributed by atoms with van der Waals surface area (Å²) < 4.78 is 0. The Morgan fingerprint density at radius 2 is 2.14 bits per heavy atom. The van der Waals surface area contributed by atoms with Crippen LogP contribution in [0.4, 0.5) is 0 Å². The fraction of sp³-hybridized carbons (Fsp3) is 0.909. The molecule has 3 nitrogen and oxygen atoms in total. The quantitative estimate of drug-likeness (QED) is 0.675. The maximum absolute atomic E-state index is 11.4. The fourth-order valence-corrected chi connectivity index (χ4v) is 1.42. The Kier molecular flexibility index (Phi) is 3.93. The van der Waals surface area contributed by atoms with E-state index in [2.05, 4.69) is 19.2 Å². The van der Waals surface area contributed by atoms with E-state index in [-0.39, 0.29) is 11.3 Å². The van der Waals surface area contributed by atoms with E-state index < -0.39 is 0 Å². The third-order valence-electron chi connectivity index (χ3n) is 3.00. The lowest BCUT2D eigenvalue weighted by molar-refractivity contribution is -0.121. The van der Waals surface area contributed by atoms with Crippen LogP contribution in [0.3, 0.4) is 0 Å². The van der Waals surface area contributed by atoms with E-state index in [0.29, 0.717) is 18.9 Å². The third-order valence-corrected chi connectivity index (χ3v) is 3.00. The maximum atomic E-state index is 11.4. The van der Waals surface area contributed by atoms with Crippen LogP contribution in [0.1, 0.15) is 39.5 Å². The van der Waals surface area contributed by atoms with Crippen LogP contribution in [-0.4, -0.2) is 19.0 Å². The molecule has 1 amide bonds. The molecule has 0 aromatic heterocycles. The molecule has 0 aromatic carbocycles. The Labute approximate surface area is 86.4 Å². The number of nitrogens with two attached hydrogens (primary N) is 1. The van der Waals surface area contributed by atoms with E-state index >= 15 is 0 Å². The topological polar surface area (TPSA) is 55.1 Å². The van der Waals surface area contributed by atoms with Gasteiger partial charge in [0, 0.05) is 13.0 Å². The largest absolute Gasteiger partial charge is 0.355 e. The van der Waals surface area contributed by atoms with Crippen LogP contribution >= 0.6 is 0 Å². The number of hydrogen-bond acceptors (Lipinski definition) is 2. The summed E-state index contributed by atoms with van der Waals surface area (Å²) in [5.74, 6) is 0.781. The van der Waals surface area contributed by atoms with Crippen molar-refractivity contribution < 1.29 is 4.79 Å². The first-order valence-electron chi connectivity index (χ1n) is 5.55. The monoisotopic (exact) mass is 198 g/mol. The SMILES string of the molecule is CC(C)CCC(=O)NCC1(CN)CC1. The van der Waals surface area contributed by atoms with Crippen LogP contribution in [0, 0.1) is 11.3 Å². The van der Waals surface area contributed by atoms with Gasteiger partial charge in [-0.2, -0.15) is 0 Å². The Hall–Kier alpha value is -0.570. The zero-order valence-corrected chi connectivity index (χ0v) is 9.31. The van der Waals surface area contributed by atoms with Crippen molar-refractivity contribution in [3.63, 3.8) is 0 Å². The van der Waals surface area contributed by atoms with Crippen molar-refractivity contribution >= 4 is 5.91 Å².